The smallest absolute Gasteiger partial charge is 0.309 e. The van der Waals surface area contributed by atoms with Crippen LogP contribution in [-0.2, 0) is 26.2 Å². The number of sulfonamides is 1. The molecule has 0 bridgehead atoms. The molecule has 1 aliphatic heterocycles. The zero-order valence-electron chi connectivity index (χ0n) is 19.1. The van der Waals surface area contributed by atoms with E-state index in [2.05, 4.69) is 5.16 Å². The first-order chi connectivity index (χ1) is 15.8. The van der Waals surface area contributed by atoms with Gasteiger partial charge in [0, 0.05) is 24.7 Å². The van der Waals surface area contributed by atoms with E-state index in [0.717, 1.165) is 22.3 Å². The summed E-state index contributed by atoms with van der Waals surface area (Å²) < 4.78 is 38.7. The van der Waals surface area contributed by atoms with Crippen LogP contribution < -0.4 is 0 Å². The van der Waals surface area contributed by atoms with Crippen molar-refractivity contribution < 1.29 is 22.5 Å². The summed E-state index contributed by atoms with van der Waals surface area (Å²) in [6, 6.07) is 15.1. The van der Waals surface area contributed by atoms with Crippen LogP contribution in [0.25, 0.3) is 11.3 Å². The van der Waals surface area contributed by atoms with Crippen LogP contribution >= 0.6 is 0 Å². The zero-order valence-corrected chi connectivity index (χ0v) is 19.9. The predicted octanol–water partition coefficient (Wildman–Crippen LogP) is 4.41. The van der Waals surface area contributed by atoms with E-state index in [1.165, 1.54) is 4.31 Å². The summed E-state index contributed by atoms with van der Waals surface area (Å²) in [7, 11) is -3.61. The molecule has 0 amide bonds. The average molecular weight is 469 g/mol. The lowest BCUT2D eigenvalue weighted by Crippen LogP contribution is -2.41. The molecule has 1 saturated heterocycles. The first kappa shape index (κ1) is 23.2. The fourth-order valence-corrected chi connectivity index (χ4v) is 6.30. The fraction of sp³-hybridized carbons (Fsp3) is 0.360. The van der Waals surface area contributed by atoms with E-state index in [1.807, 2.05) is 63.2 Å². The molecule has 7 nitrogen and oxygen atoms in total. The largest absolute Gasteiger partial charge is 0.459 e. The fourth-order valence-electron chi connectivity index (χ4n) is 4.42. The lowest BCUT2D eigenvalue weighted by Gasteiger charge is -2.31. The molecule has 0 spiro atoms. The number of hydrogen-bond acceptors (Lipinski definition) is 6. The highest BCUT2D eigenvalue weighted by atomic mass is 32.2. The van der Waals surface area contributed by atoms with Gasteiger partial charge in [-0.25, -0.2) is 8.42 Å². The van der Waals surface area contributed by atoms with Crippen molar-refractivity contribution >= 4 is 16.0 Å². The van der Waals surface area contributed by atoms with Crippen molar-refractivity contribution in [3.63, 3.8) is 0 Å². The van der Waals surface area contributed by atoms with Gasteiger partial charge in [0.2, 0.25) is 10.0 Å². The van der Waals surface area contributed by atoms with E-state index in [0.29, 0.717) is 29.2 Å². The van der Waals surface area contributed by atoms with Crippen molar-refractivity contribution in [2.24, 2.45) is 5.92 Å². The van der Waals surface area contributed by atoms with Gasteiger partial charge >= 0.3 is 5.97 Å². The normalized spacial score (nSPS) is 15.5. The Labute approximate surface area is 194 Å². The van der Waals surface area contributed by atoms with Crippen molar-refractivity contribution in [2.75, 3.05) is 13.1 Å². The maximum atomic E-state index is 13.2. The third kappa shape index (κ3) is 5.02. The van der Waals surface area contributed by atoms with Gasteiger partial charge in [-0.15, -0.1) is 0 Å². The Morgan fingerprint density at radius 3 is 2.33 bits per heavy atom. The third-order valence-electron chi connectivity index (χ3n) is 5.97. The molecular weight excluding hydrogens is 440 g/mol. The summed E-state index contributed by atoms with van der Waals surface area (Å²) in [4.78, 5) is 12.9. The predicted molar refractivity (Wildman–Crippen MR) is 124 cm³/mol. The third-order valence-corrected chi connectivity index (χ3v) is 8.17. The Kier molecular flexibility index (Phi) is 6.67. The van der Waals surface area contributed by atoms with Gasteiger partial charge in [0.1, 0.15) is 12.3 Å². The van der Waals surface area contributed by atoms with Crippen LogP contribution in [0.1, 0.15) is 35.2 Å². The molecule has 0 saturated carbocycles. The van der Waals surface area contributed by atoms with Crippen molar-refractivity contribution in [3.8, 4) is 11.3 Å². The average Bonchev–Trinajstić information content (AvgIpc) is 3.26. The highest BCUT2D eigenvalue weighted by molar-refractivity contribution is 7.89. The minimum Gasteiger partial charge on any atom is -0.459 e. The number of hydrogen-bond donors (Lipinski definition) is 0. The number of nitrogens with zero attached hydrogens (tertiary/aromatic N) is 2. The van der Waals surface area contributed by atoms with E-state index < -0.39 is 10.0 Å². The second kappa shape index (κ2) is 9.49. The summed E-state index contributed by atoms with van der Waals surface area (Å²) in [5, 5.41) is 3.97. The molecule has 174 valence electrons. The lowest BCUT2D eigenvalue weighted by molar-refractivity contribution is -0.151. The van der Waals surface area contributed by atoms with Crippen LogP contribution in [-0.4, -0.2) is 36.9 Å². The first-order valence-corrected chi connectivity index (χ1v) is 12.5. The minimum atomic E-state index is -3.61. The Morgan fingerprint density at radius 2 is 1.70 bits per heavy atom. The molecule has 2 heterocycles. The van der Waals surface area contributed by atoms with E-state index in [1.54, 1.807) is 6.07 Å². The summed E-state index contributed by atoms with van der Waals surface area (Å²) in [6.45, 7) is 6.20. The van der Waals surface area contributed by atoms with E-state index in [-0.39, 0.29) is 31.6 Å². The van der Waals surface area contributed by atoms with Gasteiger partial charge in [-0.3, -0.25) is 4.79 Å². The molecule has 0 unspecified atom stereocenters. The van der Waals surface area contributed by atoms with E-state index in [9.17, 15) is 13.2 Å². The quantitative estimate of drug-likeness (QED) is 0.498. The van der Waals surface area contributed by atoms with Crippen molar-refractivity contribution in [3.05, 3.63) is 70.9 Å². The number of carbonyl (C=O) groups is 1. The number of benzene rings is 2. The summed E-state index contributed by atoms with van der Waals surface area (Å²) in [5.41, 5.74) is 3.96. The monoisotopic (exact) mass is 468 g/mol. The van der Waals surface area contributed by atoms with Crippen molar-refractivity contribution in [1.29, 1.82) is 0 Å². The molecule has 4 rings (SSSR count). The highest BCUT2D eigenvalue weighted by Gasteiger charge is 2.34. The Balaban J connectivity index is 1.34. The topological polar surface area (TPSA) is 89.7 Å². The number of piperidine rings is 1. The summed E-state index contributed by atoms with van der Waals surface area (Å²) in [5.74, 6) is -0.0574. The molecule has 2 aromatic carbocycles. The van der Waals surface area contributed by atoms with Gasteiger partial charge in [-0.1, -0.05) is 53.2 Å². The number of aromatic nitrogens is 1. The van der Waals surface area contributed by atoms with Crippen LogP contribution in [0.4, 0.5) is 0 Å². The summed E-state index contributed by atoms with van der Waals surface area (Å²) in [6.07, 6.45) is 0.853. The zero-order chi connectivity index (χ0) is 23.6. The number of rotatable bonds is 6. The van der Waals surface area contributed by atoms with Crippen LogP contribution in [0.3, 0.4) is 0 Å². The highest BCUT2D eigenvalue weighted by Crippen LogP contribution is 2.29. The molecule has 8 heteroatoms. The number of esters is 1. The minimum absolute atomic E-state index is 0.0232. The van der Waals surface area contributed by atoms with E-state index in [4.69, 9.17) is 9.26 Å². The SMILES string of the molecule is Cc1cc(C)c(S(=O)(=O)N2CCC(C(=O)OCc3cc(-c4ccccc4)on3)CC2)c(C)c1. The molecule has 33 heavy (non-hydrogen) atoms. The molecular formula is C25H28N2O5S. The molecule has 0 N–H and O–H groups in total. The van der Waals surface area contributed by atoms with Crippen molar-refractivity contribution in [2.45, 2.75) is 45.1 Å². The molecule has 0 atom stereocenters. The van der Waals surface area contributed by atoms with Crippen molar-refractivity contribution in [1.82, 2.24) is 9.46 Å². The maximum Gasteiger partial charge on any atom is 0.309 e. The molecule has 3 aromatic rings. The molecule has 0 aliphatic carbocycles. The molecule has 0 radical (unpaired) electrons. The van der Waals surface area contributed by atoms with Gasteiger partial charge < -0.3 is 9.26 Å². The van der Waals surface area contributed by atoms with Crippen LogP contribution in [0.15, 0.2) is 57.9 Å². The van der Waals surface area contributed by atoms with Gasteiger partial charge in [0.05, 0.1) is 10.8 Å². The van der Waals surface area contributed by atoms with Gasteiger partial charge in [0.25, 0.3) is 0 Å². The Hall–Kier alpha value is -2.97. The second-order valence-corrected chi connectivity index (χ2v) is 10.4. The van der Waals surface area contributed by atoms with E-state index >= 15 is 0 Å². The molecule has 1 fully saturated rings. The molecule has 1 aromatic heterocycles. The van der Waals surface area contributed by atoms with Crippen LogP contribution in [0, 0.1) is 26.7 Å². The van der Waals surface area contributed by atoms with Crippen LogP contribution in [0.2, 0.25) is 0 Å². The van der Waals surface area contributed by atoms with Crippen LogP contribution in [0.5, 0.6) is 0 Å². The number of aryl methyl sites for hydroxylation is 3. The number of ether oxygens (including phenoxy) is 1. The lowest BCUT2D eigenvalue weighted by atomic mass is 9.98. The summed E-state index contributed by atoms with van der Waals surface area (Å²) >= 11 is 0. The second-order valence-electron chi connectivity index (χ2n) is 8.56. The van der Waals surface area contributed by atoms with Gasteiger partial charge in [-0.2, -0.15) is 4.31 Å². The number of carbonyl (C=O) groups excluding carboxylic acids is 1. The first-order valence-electron chi connectivity index (χ1n) is 11.0. The maximum absolute atomic E-state index is 13.2. The van der Waals surface area contributed by atoms with Gasteiger partial charge in [0.15, 0.2) is 5.76 Å². The molecule has 1 aliphatic rings. The Bertz CT molecular complexity index is 1220. The van der Waals surface area contributed by atoms with Gasteiger partial charge in [-0.05, 0) is 44.7 Å². The Morgan fingerprint density at radius 1 is 1.06 bits per heavy atom. The standard InChI is InChI=1S/C25H28N2O5S/c1-17-13-18(2)24(19(3)14-17)33(29,30)27-11-9-21(10-12-27)25(28)31-16-22-15-23(32-26-22)20-7-5-4-6-8-20/h4-8,13-15,21H,9-12,16H2,1-3H3.